The van der Waals surface area contributed by atoms with E-state index in [1.165, 1.54) is 0 Å². The molecule has 0 fully saturated rings. The minimum absolute atomic E-state index is 0.0826. The second-order valence-corrected chi connectivity index (χ2v) is 5.11. The van der Waals surface area contributed by atoms with Crippen molar-refractivity contribution >= 4 is 23.9 Å². The van der Waals surface area contributed by atoms with Crippen molar-refractivity contribution in [2.45, 2.75) is 63.6 Å². The van der Waals surface area contributed by atoms with Crippen LogP contribution in [0.3, 0.4) is 0 Å². The average Bonchev–Trinajstić information content (AvgIpc) is 2.43. The monoisotopic (exact) mass is 334 g/mol. The summed E-state index contributed by atoms with van der Waals surface area (Å²) in [5.74, 6) is -4.22. The van der Waals surface area contributed by atoms with Gasteiger partial charge in [-0.1, -0.05) is 0 Å². The Bertz CT molecular complexity index is 344. The van der Waals surface area contributed by atoms with Crippen LogP contribution in [0.2, 0.25) is 0 Å². The molecular weight excluding hydrogens is 312 g/mol. The molecule has 0 saturated carbocycles. The molecule has 0 spiro atoms. The zero-order valence-electron chi connectivity index (χ0n) is 12.6. The van der Waals surface area contributed by atoms with Gasteiger partial charge in [0.1, 0.15) is 0 Å². The van der Waals surface area contributed by atoms with Gasteiger partial charge in [-0.25, -0.2) is 0 Å². The molecular formula is C14H22O9. The Labute approximate surface area is 132 Å². The van der Waals surface area contributed by atoms with E-state index in [4.69, 9.17) is 25.2 Å². The van der Waals surface area contributed by atoms with Crippen LogP contribution in [0.1, 0.15) is 51.4 Å². The Hall–Kier alpha value is -2.16. The highest BCUT2D eigenvalue weighted by Crippen LogP contribution is 2.18. The predicted octanol–water partition coefficient (Wildman–Crippen LogP) is 1.20. The third-order valence-corrected chi connectivity index (χ3v) is 3.11. The number of carboxylic acid groups (broad SMARTS) is 4. The third kappa shape index (κ3) is 13.2. The maximum Gasteiger partial charge on any atom is 0.303 e. The molecule has 0 aliphatic carbocycles. The maximum atomic E-state index is 10.6. The van der Waals surface area contributed by atoms with Crippen LogP contribution < -0.4 is 0 Å². The van der Waals surface area contributed by atoms with Crippen molar-refractivity contribution in [1.29, 1.82) is 0 Å². The van der Waals surface area contributed by atoms with Crippen molar-refractivity contribution in [2.75, 3.05) is 0 Å². The second kappa shape index (κ2) is 11.4. The zero-order chi connectivity index (χ0) is 17.8. The smallest absolute Gasteiger partial charge is 0.303 e. The van der Waals surface area contributed by atoms with Crippen LogP contribution in [-0.2, 0) is 23.9 Å². The van der Waals surface area contributed by atoms with Gasteiger partial charge in [-0.05, 0) is 25.7 Å². The van der Waals surface area contributed by atoms with Crippen LogP contribution in [0.25, 0.3) is 0 Å². The number of aliphatic carboxylic acids is 4. The van der Waals surface area contributed by atoms with Crippen molar-refractivity contribution in [2.24, 2.45) is 0 Å². The quantitative estimate of drug-likeness (QED) is 0.366. The van der Waals surface area contributed by atoms with Crippen molar-refractivity contribution in [3.05, 3.63) is 0 Å². The highest BCUT2D eigenvalue weighted by molar-refractivity contribution is 5.68. The summed E-state index contributed by atoms with van der Waals surface area (Å²) in [6, 6.07) is 0. The summed E-state index contributed by atoms with van der Waals surface area (Å²) in [5, 5.41) is 34.8. The van der Waals surface area contributed by atoms with Gasteiger partial charge in [0.2, 0.25) is 0 Å². The topological polar surface area (TPSA) is 158 Å². The van der Waals surface area contributed by atoms with Crippen LogP contribution in [0.5, 0.6) is 0 Å². The summed E-state index contributed by atoms with van der Waals surface area (Å²) in [6.07, 6.45) is -1.87. The first-order chi connectivity index (χ1) is 10.7. The zero-order valence-corrected chi connectivity index (χ0v) is 12.6. The van der Waals surface area contributed by atoms with E-state index in [1.54, 1.807) is 0 Å². The van der Waals surface area contributed by atoms with E-state index >= 15 is 0 Å². The van der Waals surface area contributed by atoms with Crippen molar-refractivity contribution < 1.29 is 44.3 Å². The lowest BCUT2D eigenvalue weighted by Crippen LogP contribution is -2.25. The fourth-order valence-corrected chi connectivity index (χ4v) is 1.97. The molecule has 0 aromatic rings. The standard InChI is InChI=1S/C14H22O9/c15-11(16)5-1-9(2-6-12(17)18)23-10(3-7-13(19)20)4-8-14(21)22/h9-10H,1-8H2,(H,15,16)(H,17,18)(H,19,20)(H,21,22). The highest BCUT2D eigenvalue weighted by Gasteiger charge is 2.20. The first kappa shape index (κ1) is 20.8. The molecule has 0 rings (SSSR count). The summed E-state index contributed by atoms with van der Waals surface area (Å²) in [4.78, 5) is 42.5. The van der Waals surface area contributed by atoms with Crippen LogP contribution in [-0.4, -0.2) is 56.5 Å². The van der Waals surface area contributed by atoms with Crippen molar-refractivity contribution in [3.8, 4) is 0 Å². The minimum atomic E-state index is -1.05. The molecule has 4 N–H and O–H groups in total. The molecule has 0 bridgehead atoms. The molecule has 0 aromatic carbocycles. The Morgan fingerprint density at radius 1 is 0.565 bits per heavy atom. The molecule has 0 atom stereocenters. The van der Waals surface area contributed by atoms with Crippen LogP contribution in [0.15, 0.2) is 0 Å². The van der Waals surface area contributed by atoms with Gasteiger partial charge in [0.05, 0.1) is 12.2 Å². The van der Waals surface area contributed by atoms with Gasteiger partial charge in [-0.15, -0.1) is 0 Å². The third-order valence-electron chi connectivity index (χ3n) is 3.11. The number of rotatable bonds is 14. The van der Waals surface area contributed by atoms with Crippen LogP contribution in [0.4, 0.5) is 0 Å². The van der Waals surface area contributed by atoms with E-state index < -0.39 is 36.1 Å². The van der Waals surface area contributed by atoms with Gasteiger partial charge in [0.25, 0.3) is 0 Å². The van der Waals surface area contributed by atoms with Gasteiger partial charge in [-0.2, -0.15) is 0 Å². The van der Waals surface area contributed by atoms with Gasteiger partial charge in [-0.3, -0.25) is 19.2 Å². The fourth-order valence-electron chi connectivity index (χ4n) is 1.97. The summed E-state index contributed by atoms with van der Waals surface area (Å²) < 4.78 is 5.60. The lowest BCUT2D eigenvalue weighted by molar-refractivity contribution is -0.139. The normalized spacial score (nSPS) is 10.9. The summed E-state index contributed by atoms with van der Waals surface area (Å²) >= 11 is 0. The van der Waals surface area contributed by atoms with Crippen molar-refractivity contribution in [3.63, 3.8) is 0 Å². The SMILES string of the molecule is O=C(O)CCC(CCC(=O)O)OC(CCC(=O)O)CCC(=O)O. The first-order valence-corrected chi connectivity index (χ1v) is 7.23. The molecule has 9 nitrogen and oxygen atoms in total. The van der Waals surface area contributed by atoms with Crippen molar-refractivity contribution in [1.82, 2.24) is 0 Å². The number of carbonyl (C=O) groups is 4. The summed E-state index contributed by atoms with van der Waals surface area (Å²) in [7, 11) is 0. The molecule has 132 valence electrons. The number of hydrogen-bond donors (Lipinski definition) is 4. The molecule has 0 unspecified atom stereocenters. The predicted molar refractivity (Wildman–Crippen MR) is 76.1 cm³/mol. The molecule has 0 aliphatic rings. The second-order valence-electron chi connectivity index (χ2n) is 5.11. The molecule has 0 saturated heterocycles. The van der Waals surface area contributed by atoms with Crippen LogP contribution >= 0.6 is 0 Å². The lowest BCUT2D eigenvalue weighted by Gasteiger charge is -2.24. The molecule has 0 heterocycles. The molecule has 0 radical (unpaired) electrons. The highest BCUT2D eigenvalue weighted by atomic mass is 16.5. The average molecular weight is 334 g/mol. The molecule has 0 aromatic heterocycles. The number of ether oxygens (including phenoxy) is 1. The van der Waals surface area contributed by atoms with E-state index in [0.29, 0.717) is 0 Å². The summed E-state index contributed by atoms with van der Waals surface area (Å²) in [6.45, 7) is 0. The van der Waals surface area contributed by atoms with E-state index in [0.717, 1.165) is 0 Å². The van der Waals surface area contributed by atoms with Gasteiger partial charge in [0.15, 0.2) is 0 Å². The van der Waals surface area contributed by atoms with E-state index in [9.17, 15) is 19.2 Å². The Morgan fingerprint density at radius 3 is 0.957 bits per heavy atom. The van der Waals surface area contributed by atoms with Gasteiger partial charge < -0.3 is 25.2 Å². The number of hydrogen-bond acceptors (Lipinski definition) is 5. The number of carboxylic acids is 4. The Balaban J connectivity index is 4.67. The van der Waals surface area contributed by atoms with E-state index in [-0.39, 0.29) is 51.4 Å². The summed E-state index contributed by atoms with van der Waals surface area (Å²) in [5.41, 5.74) is 0. The Kier molecular flexibility index (Phi) is 10.3. The lowest BCUT2D eigenvalue weighted by atomic mass is 10.1. The van der Waals surface area contributed by atoms with Gasteiger partial charge in [0, 0.05) is 25.7 Å². The Morgan fingerprint density at radius 2 is 0.783 bits per heavy atom. The minimum Gasteiger partial charge on any atom is -0.481 e. The van der Waals surface area contributed by atoms with E-state index in [1.807, 2.05) is 0 Å². The maximum absolute atomic E-state index is 10.6. The van der Waals surface area contributed by atoms with Gasteiger partial charge >= 0.3 is 23.9 Å². The molecule has 9 heteroatoms. The molecule has 23 heavy (non-hydrogen) atoms. The van der Waals surface area contributed by atoms with Crippen LogP contribution in [0, 0.1) is 0 Å². The first-order valence-electron chi connectivity index (χ1n) is 7.23. The molecule has 0 amide bonds. The molecule has 0 aliphatic heterocycles. The van der Waals surface area contributed by atoms with E-state index in [2.05, 4.69) is 0 Å². The fraction of sp³-hybridized carbons (Fsp3) is 0.714. The largest absolute Gasteiger partial charge is 0.481 e.